The summed E-state index contributed by atoms with van der Waals surface area (Å²) in [5.41, 5.74) is 1.47. The second-order valence-electron chi connectivity index (χ2n) is 4.36. The lowest BCUT2D eigenvalue weighted by atomic mass is 9.88. The van der Waals surface area contributed by atoms with Gasteiger partial charge in [0, 0.05) is 0 Å². The molecule has 1 heteroatoms. The van der Waals surface area contributed by atoms with Crippen LogP contribution in [0.1, 0.15) is 54.0 Å². The summed E-state index contributed by atoms with van der Waals surface area (Å²) < 4.78 is 12.5. The van der Waals surface area contributed by atoms with E-state index in [0.717, 1.165) is 6.42 Å². The van der Waals surface area contributed by atoms with Crippen molar-refractivity contribution in [3.05, 3.63) is 35.6 Å². The Kier molecular flexibility index (Phi) is 10.3. The summed E-state index contributed by atoms with van der Waals surface area (Å²) in [5.74, 6) is -0.160. The van der Waals surface area contributed by atoms with Crippen LogP contribution in [-0.4, -0.2) is 0 Å². The molecule has 16 heavy (non-hydrogen) atoms. The Morgan fingerprint density at radius 1 is 0.875 bits per heavy atom. The molecule has 0 nitrogen and oxygen atoms in total. The van der Waals surface area contributed by atoms with Gasteiger partial charge in [-0.1, -0.05) is 60.6 Å². The predicted octanol–water partition coefficient (Wildman–Crippen LogP) is 5.47. The average molecular weight is 226 g/mol. The SMILES string of the molecule is CC.CC.CC(C)(C)Cc1ccc(F)cc1. The molecule has 0 saturated carbocycles. The summed E-state index contributed by atoms with van der Waals surface area (Å²) in [4.78, 5) is 0. The molecule has 0 atom stereocenters. The van der Waals surface area contributed by atoms with Crippen LogP contribution in [0, 0.1) is 11.2 Å². The van der Waals surface area contributed by atoms with Gasteiger partial charge < -0.3 is 0 Å². The van der Waals surface area contributed by atoms with E-state index in [4.69, 9.17) is 0 Å². The summed E-state index contributed by atoms with van der Waals surface area (Å²) in [6.45, 7) is 14.5. The van der Waals surface area contributed by atoms with Crippen molar-refractivity contribution in [2.75, 3.05) is 0 Å². The predicted molar refractivity (Wildman–Crippen MR) is 72.3 cm³/mol. The molecule has 0 amide bonds. The Balaban J connectivity index is 0. The van der Waals surface area contributed by atoms with Crippen molar-refractivity contribution < 1.29 is 4.39 Å². The zero-order valence-corrected chi connectivity index (χ0v) is 11.9. The lowest BCUT2D eigenvalue weighted by Gasteiger charge is -2.17. The van der Waals surface area contributed by atoms with E-state index < -0.39 is 0 Å². The Morgan fingerprint density at radius 2 is 1.25 bits per heavy atom. The van der Waals surface area contributed by atoms with E-state index in [1.54, 1.807) is 0 Å². The topological polar surface area (TPSA) is 0 Å². The molecule has 0 heterocycles. The molecule has 0 radical (unpaired) electrons. The first-order chi connectivity index (χ1) is 7.47. The molecule has 0 aromatic heterocycles. The fourth-order valence-corrected chi connectivity index (χ4v) is 1.21. The van der Waals surface area contributed by atoms with Gasteiger partial charge in [0.25, 0.3) is 0 Å². The Hall–Kier alpha value is -0.850. The summed E-state index contributed by atoms with van der Waals surface area (Å²) in [6, 6.07) is 6.73. The van der Waals surface area contributed by atoms with Crippen LogP contribution < -0.4 is 0 Å². The van der Waals surface area contributed by atoms with Crippen molar-refractivity contribution in [2.45, 2.75) is 54.9 Å². The van der Waals surface area contributed by atoms with Gasteiger partial charge in [0.15, 0.2) is 0 Å². The second-order valence-corrected chi connectivity index (χ2v) is 4.36. The molecule has 1 aromatic carbocycles. The minimum Gasteiger partial charge on any atom is -0.207 e. The van der Waals surface area contributed by atoms with E-state index in [1.165, 1.54) is 17.7 Å². The quantitative estimate of drug-likeness (QED) is 0.596. The molecule has 0 aliphatic rings. The number of halogens is 1. The van der Waals surface area contributed by atoms with Crippen molar-refractivity contribution in [3.8, 4) is 0 Å². The van der Waals surface area contributed by atoms with Crippen LogP contribution in [-0.2, 0) is 6.42 Å². The second kappa shape index (κ2) is 9.38. The lowest BCUT2D eigenvalue weighted by molar-refractivity contribution is 0.411. The molecule has 0 saturated heterocycles. The summed E-state index contributed by atoms with van der Waals surface area (Å²) >= 11 is 0. The molecule has 1 rings (SSSR count). The van der Waals surface area contributed by atoms with Gasteiger partial charge in [-0.15, -0.1) is 0 Å². The normalized spacial score (nSPS) is 9.50. The highest BCUT2D eigenvalue weighted by molar-refractivity contribution is 5.17. The number of rotatable bonds is 1. The van der Waals surface area contributed by atoms with Crippen molar-refractivity contribution in [3.63, 3.8) is 0 Å². The number of hydrogen-bond acceptors (Lipinski definition) is 0. The first-order valence-electron chi connectivity index (χ1n) is 6.22. The maximum atomic E-state index is 12.5. The average Bonchev–Trinajstić information content (AvgIpc) is 2.25. The van der Waals surface area contributed by atoms with E-state index in [1.807, 2.05) is 39.8 Å². The fraction of sp³-hybridized carbons (Fsp3) is 0.600. The minimum absolute atomic E-state index is 0.160. The van der Waals surface area contributed by atoms with Crippen molar-refractivity contribution in [1.29, 1.82) is 0 Å². The fourth-order valence-electron chi connectivity index (χ4n) is 1.21. The van der Waals surface area contributed by atoms with Gasteiger partial charge in [-0.2, -0.15) is 0 Å². The number of hydrogen-bond donors (Lipinski definition) is 0. The zero-order chi connectivity index (χ0) is 13.2. The molecule has 0 bridgehead atoms. The highest BCUT2D eigenvalue weighted by Gasteiger charge is 2.10. The largest absolute Gasteiger partial charge is 0.207 e. The van der Waals surface area contributed by atoms with Gasteiger partial charge in [-0.05, 0) is 29.5 Å². The molecule has 0 spiro atoms. The zero-order valence-electron chi connectivity index (χ0n) is 11.9. The molecule has 0 unspecified atom stereocenters. The van der Waals surface area contributed by atoms with E-state index in [2.05, 4.69) is 20.8 Å². The third-order valence-electron chi connectivity index (χ3n) is 1.65. The van der Waals surface area contributed by atoms with Crippen molar-refractivity contribution in [1.82, 2.24) is 0 Å². The van der Waals surface area contributed by atoms with Gasteiger partial charge in [0.2, 0.25) is 0 Å². The Morgan fingerprint density at radius 3 is 1.56 bits per heavy atom. The molecule has 0 N–H and O–H groups in total. The van der Waals surface area contributed by atoms with Gasteiger partial charge in [-0.3, -0.25) is 0 Å². The van der Waals surface area contributed by atoms with Crippen LogP contribution in [0.15, 0.2) is 24.3 Å². The standard InChI is InChI=1S/C11H15F.2C2H6/c1-11(2,3)8-9-4-6-10(12)7-5-9;2*1-2/h4-7H,8H2,1-3H3;2*1-2H3. The first kappa shape index (κ1) is 17.5. The van der Waals surface area contributed by atoms with Crippen LogP contribution in [0.4, 0.5) is 4.39 Å². The molecule has 0 aliphatic heterocycles. The van der Waals surface area contributed by atoms with Crippen LogP contribution in [0.25, 0.3) is 0 Å². The molecule has 0 aliphatic carbocycles. The smallest absolute Gasteiger partial charge is 0.123 e. The van der Waals surface area contributed by atoms with Crippen LogP contribution in [0.2, 0.25) is 0 Å². The monoisotopic (exact) mass is 226 g/mol. The van der Waals surface area contributed by atoms with Crippen molar-refractivity contribution >= 4 is 0 Å². The van der Waals surface area contributed by atoms with E-state index in [-0.39, 0.29) is 11.2 Å². The molecule has 0 fully saturated rings. The Bertz CT molecular complexity index is 241. The van der Waals surface area contributed by atoms with Crippen molar-refractivity contribution in [2.24, 2.45) is 5.41 Å². The highest BCUT2D eigenvalue weighted by atomic mass is 19.1. The van der Waals surface area contributed by atoms with Crippen LogP contribution in [0.3, 0.4) is 0 Å². The Labute approximate surface area is 101 Å². The third-order valence-corrected chi connectivity index (χ3v) is 1.65. The first-order valence-corrected chi connectivity index (χ1v) is 6.22. The molecular formula is C15H27F. The molecular weight excluding hydrogens is 199 g/mol. The third kappa shape index (κ3) is 9.70. The maximum absolute atomic E-state index is 12.5. The van der Waals surface area contributed by atoms with Gasteiger partial charge in [-0.25, -0.2) is 4.39 Å². The van der Waals surface area contributed by atoms with E-state index in [9.17, 15) is 4.39 Å². The highest BCUT2D eigenvalue weighted by Crippen LogP contribution is 2.20. The lowest BCUT2D eigenvalue weighted by Crippen LogP contribution is -2.08. The van der Waals surface area contributed by atoms with Crippen LogP contribution >= 0.6 is 0 Å². The minimum atomic E-state index is -0.160. The van der Waals surface area contributed by atoms with Gasteiger partial charge in [0.05, 0.1) is 0 Å². The summed E-state index contributed by atoms with van der Waals surface area (Å²) in [5, 5.41) is 0. The van der Waals surface area contributed by atoms with E-state index in [0.29, 0.717) is 0 Å². The van der Waals surface area contributed by atoms with E-state index >= 15 is 0 Å². The maximum Gasteiger partial charge on any atom is 0.123 e. The van der Waals surface area contributed by atoms with Gasteiger partial charge >= 0.3 is 0 Å². The number of benzene rings is 1. The molecule has 94 valence electrons. The van der Waals surface area contributed by atoms with Gasteiger partial charge in [0.1, 0.15) is 5.82 Å². The summed E-state index contributed by atoms with van der Waals surface area (Å²) in [6.07, 6.45) is 0.993. The van der Waals surface area contributed by atoms with Crippen LogP contribution in [0.5, 0.6) is 0 Å². The molecule has 1 aromatic rings. The summed E-state index contributed by atoms with van der Waals surface area (Å²) in [7, 11) is 0.